The van der Waals surface area contributed by atoms with Crippen LogP contribution in [-0.2, 0) is 6.54 Å². The van der Waals surface area contributed by atoms with Gasteiger partial charge in [0.25, 0.3) is 5.91 Å². The van der Waals surface area contributed by atoms with E-state index in [1.807, 2.05) is 11.1 Å². The molecule has 4 nitrogen and oxygen atoms in total. The molecule has 134 valence electrons. The van der Waals surface area contributed by atoms with Crippen LogP contribution in [-0.4, -0.2) is 42.0 Å². The number of hydrogen-bond donors (Lipinski definition) is 1. The molecule has 0 aliphatic carbocycles. The predicted octanol–water partition coefficient (Wildman–Crippen LogP) is 3.88. The highest BCUT2D eigenvalue weighted by atomic mass is 35.5. The molecule has 0 saturated carbocycles. The molecule has 3 rings (SSSR count). The Balaban J connectivity index is 0.00000225. The van der Waals surface area contributed by atoms with Gasteiger partial charge in [-0.3, -0.25) is 15.1 Å². The molecule has 0 radical (unpaired) electrons. The van der Waals surface area contributed by atoms with Gasteiger partial charge in [0.05, 0.1) is 10.6 Å². The van der Waals surface area contributed by atoms with Gasteiger partial charge in [0, 0.05) is 37.7 Å². The minimum absolute atomic E-state index is 0. The number of rotatable bonds is 4. The maximum atomic E-state index is 12.3. The molecular formula is C18H20Cl3N3O. The second-order valence-corrected chi connectivity index (χ2v) is 6.66. The Morgan fingerprint density at radius 1 is 1.00 bits per heavy atom. The highest BCUT2D eigenvalue weighted by Gasteiger charge is 2.20. The Labute approximate surface area is 164 Å². The fourth-order valence-corrected chi connectivity index (χ4v) is 3.23. The molecule has 25 heavy (non-hydrogen) atoms. The van der Waals surface area contributed by atoms with E-state index in [0.717, 1.165) is 32.7 Å². The Bertz CT molecular complexity index is 704. The number of hydrogen-bond acceptors (Lipinski definition) is 3. The number of halogens is 3. The van der Waals surface area contributed by atoms with Gasteiger partial charge in [0.15, 0.2) is 0 Å². The first-order valence-electron chi connectivity index (χ1n) is 7.89. The summed E-state index contributed by atoms with van der Waals surface area (Å²) < 4.78 is 0. The van der Waals surface area contributed by atoms with E-state index in [4.69, 9.17) is 23.2 Å². The maximum absolute atomic E-state index is 12.3. The molecule has 1 saturated heterocycles. The Morgan fingerprint density at radius 3 is 2.32 bits per heavy atom. The third kappa shape index (κ3) is 5.59. The minimum atomic E-state index is -0.201. The fourth-order valence-electron chi connectivity index (χ4n) is 2.74. The van der Waals surface area contributed by atoms with Crippen LogP contribution in [0.25, 0.3) is 0 Å². The molecule has 7 heteroatoms. The molecule has 0 spiro atoms. The fraction of sp³-hybridized carbons (Fsp3) is 0.278. The largest absolute Gasteiger partial charge is 0.296 e. The van der Waals surface area contributed by atoms with E-state index in [-0.39, 0.29) is 18.3 Å². The van der Waals surface area contributed by atoms with Crippen LogP contribution < -0.4 is 5.43 Å². The van der Waals surface area contributed by atoms with Gasteiger partial charge < -0.3 is 0 Å². The summed E-state index contributed by atoms with van der Waals surface area (Å²) in [6, 6.07) is 15.3. The van der Waals surface area contributed by atoms with Gasteiger partial charge in [-0.1, -0.05) is 53.5 Å². The summed E-state index contributed by atoms with van der Waals surface area (Å²) in [6.07, 6.45) is 0. The number of amides is 1. The zero-order valence-electron chi connectivity index (χ0n) is 13.6. The number of carbonyl (C=O) groups is 1. The third-order valence-corrected chi connectivity index (χ3v) is 4.60. The molecule has 1 amide bonds. The van der Waals surface area contributed by atoms with E-state index < -0.39 is 0 Å². The third-order valence-electron chi connectivity index (χ3n) is 4.06. The van der Waals surface area contributed by atoms with Crippen molar-refractivity contribution in [3.8, 4) is 0 Å². The highest BCUT2D eigenvalue weighted by molar-refractivity contribution is 6.36. The zero-order chi connectivity index (χ0) is 16.9. The molecule has 0 bridgehead atoms. The van der Waals surface area contributed by atoms with E-state index in [9.17, 15) is 4.79 Å². The highest BCUT2D eigenvalue weighted by Crippen LogP contribution is 2.21. The van der Waals surface area contributed by atoms with Crippen LogP contribution in [0, 0.1) is 0 Å². The van der Waals surface area contributed by atoms with Crippen molar-refractivity contribution < 1.29 is 4.79 Å². The molecule has 2 aromatic carbocycles. The second kappa shape index (κ2) is 9.41. The number of nitrogens with one attached hydrogen (secondary N) is 1. The lowest BCUT2D eigenvalue weighted by Crippen LogP contribution is -2.53. The standard InChI is InChI=1S/C18H19Cl2N3O.ClH/c19-15-6-7-16(17(20)12-15)18(24)21-23-10-8-22(9-11-23)13-14-4-2-1-3-5-14;/h1-7,12H,8-11,13H2,(H,21,24);1H. The van der Waals surface area contributed by atoms with E-state index in [2.05, 4.69) is 34.6 Å². The topological polar surface area (TPSA) is 35.6 Å². The van der Waals surface area contributed by atoms with Crippen molar-refractivity contribution in [2.45, 2.75) is 6.54 Å². The van der Waals surface area contributed by atoms with Crippen LogP contribution in [0.1, 0.15) is 15.9 Å². The summed E-state index contributed by atoms with van der Waals surface area (Å²) in [5, 5.41) is 2.82. The lowest BCUT2D eigenvalue weighted by Gasteiger charge is -2.34. The molecular weight excluding hydrogens is 381 g/mol. The number of hydrazine groups is 1. The smallest absolute Gasteiger partial charge is 0.267 e. The molecule has 1 fully saturated rings. The number of piperazine rings is 1. The van der Waals surface area contributed by atoms with Crippen LogP contribution >= 0.6 is 35.6 Å². The van der Waals surface area contributed by atoms with Gasteiger partial charge in [-0.15, -0.1) is 12.4 Å². The van der Waals surface area contributed by atoms with Gasteiger partial charge in [0.2, 0.25) is 0 Å². The normalized spacial score (nSPS) is 15.4. The van der Waals surface area contributed by atoms with Crippen LogP contribution in [0.3, 0.4) is 0 Å². The summed E-state index contributed by atoms with van der Waals surface area (Å²) in [6.45, 7) is 4.31. The first-order valence-corrected chi connectivity index (χ1v) is 8.65. The van der Waals surface area contributed by atoms with E-state index >= 15 is 0 Å². The average molecular weight is 401 g/mol. The first-order chi connectivity index (χ1) is 11.6. The van der Waals surface area contributed by atoms with Crippen molar-refractivity contribution in [3.63, 3.8) is 0 Å². The summed E-state index contributed by atoms with van der Waals surface area (Å²) in [5.41, 5.74) is 4.67. The first kappa shape index (κ1) is 20.0. The Hall–Kier alpha value is -1.30. The average Bonchev–Trinajstić information content (AvgIpc) is 2.57. The van der Waals surface area contributed by atoms with E-state index in [1.165, 1.54) is 5.56 Å². The van der Waals surface area contributed by atoms with Gasteiger partial charge in [-0.25, -0.2) is 5.01 Å². The monoisotopic (exact) mass is 399 g/mol. The minimum Gasteiger partial charge on any atom is -0.296 e. The van der Waals surface area contributed by atoms with E-state index in [1.54, 1.807) is 18.2 Å². The van der Waals surface area contributed by atoms with Crippen LogP contribution in [0.15, 0.2) is 48.5 Å². The van der Waals surface area contributed by atoms with Crippen molar-refractivity contribution in [2.75, 3.05) is 26.2 Å². The summed E-state index contributed by atoms with van der Waals surface area (Å²) in [4.78, 5) is 14.7. The molecule has 0 atom stereocenters. The van der Waals surface area contributed by atoms with Crippen molar-refractivity contribution in [1.82, 2.24) is 15.3 Å². The lowest BCUT2D eigenvalue weighted by molar-refractivity contribution is 0.0605. The molecule has 1 N–H and O–H groups in total. The van der Waals surface area contributed by atoms with Crippen LogP contribution in [0.5, 0.6) is 0 Å². The second-order valence-electron chi connectivity index (χ2n) is 5.81. The molecule has 1 heterocycles. The van der Waals surface area contributed by atoms with Crippen molar-refractivity contribution in [1.29, 1.82) is 0 Å². The molecule has 1 aliphatic rings. The van der Waals surface area contributed by atoms with E-state index in [0.29, 0.717) is 15.6 Å². The van der Waals surface area contributed by atoms with Crippen LogP contribution in [0.2, 0.25) is 10.0 Å². The SMILES string of the molecule is Cl.O=C(NN1CCN(Cc2ccccc2)CC1)c1ccc(Cl)cc1Cl. The van der Waals surface area contributed by atoms with Gasteiger partial charge in [0.1, 0.15) is 0 Å². The van der Waals surface area contributed by atoms with Gasteiger partial charge in [-0.05, 0) is 23.8 Å². The summed E-state index contributed by atoms with van der Waals surface area (Å²) >= 11 is 11.9. The maximum Gasteiger partial charge on any atom is 0.267 e. The predicted molar refractivity (Wildman–Crippen MR) is 104 cm³/mol. The molecule has 2 aromatic rings. The van der Waals surface area contributed by atoms with Crippen molar-refractivity contribution >= 4 is 41.5 Å². The quantitative estimate of drug-likeness (QED) is 0.846. The van der Waals surface area contributed by atoms with Gasteiger partial charge >= 0.3 is 0 Å². The van der Waals surface area contributed by atoms with Crippen molar-refractivity contribution in [3.05, 3.63) is 69.7 Å². The summed E-state index contributed by atoms with van der Waals surface area (Å²) in [7, 11) is 0. The number of benzene rings is 2. The van der Waals surface area contributed by atoms with Crippen molar-refractivity contribution in [2.24, 2.45) is 0 Å². The Kier molecular flexibility index (Phi) is 7.54. The zero-order valence-corrected chi connectivity index (χ0v) is 15.9. The molecule has 0 unspecified atom stereocenters. The number of carbonyl (C=O) groups excluding carboxylic acids is 1. The molecule has 0 aromatic heterocycles. The van der Waals surface area contributed by atoms with Gasteiger partial charge in [-0.2, -0.15) is 0 Å². The molecule has 1 aliphatic heterocycles. The summed E-state index contributed by atoms with van der Waals surface area (Å²) in [5.74, 6) is -0.201. The number of nitrogens with zero attached hydrogens (tertiary/aromatic N) is 2. The lowest BCUT2D eigenvalue weighted by atomic mass is 10.2. The Morgan fingerprint density at radius 2 is 1.68 bits per heavy atom. The van der Waals surface area contributed by atoms with Crippen LogP contribution in [0.4, 0.5) is 0 Å².